The highest BCUT2D eigenvalue weighted by Gasteiger charge is 2.21. The zero-order chi connectivity index (χ0) is 11.1. The molecule has 2 rings (SSSR count). The Morgan fingerprint density at radius 2 is 2.00 bits per heavy atom. The van der Waals surface area contributed by atoms with Gasteiger partial charge in [-0.1, -0.05) is 23.7 Å². The van der Waals surface area contributed by atoms with Crippen LogP contribution in [0, 0.1) is 0 Å². The lowest BCUT2D eigenvalue weighted by molar-refractivity contribution is 0.559. The number of hydrogen-bond donors (Lipinski definition) is 1. The monoisotopic (exact) mass is 220 g/mol. The van der Waals surface area contributed by atoms with E-state index in [1.54, 1.807) is 6.20 Å². The van der Waals surface area contributed by atoms with Crippen LogP contribution in [0.4, 0.5) is 0 Å². The van der Waals surface area contributed by atoms with Crippen molar-refractivity contribution in [2.24, 2.45) is 5.73 Å². The highest BCUT2D eigenvalue weighted by molar-refractivity contribution is 6.32. The van der Waals surface area contributed by atoms with E-state index in [0.29, 0.717) is 5.02 Å². The molecular formula is C12H13ClN2. The summed E-state index contributed by atoms with van der Waals surface area (Å²) in [6.07, 6.45) is 1.76. The maximum Gasteiger partial charge on any atom is 0.0767 e. The van der Waals surface area contributed by atoms with Crippen LogP contribution in [0.3, 0.4) is 0 Å². The van der Waals surface area contributed by atoms with E-state index in [0.717, 1.165) is 16.5 Å². The summed E-state index contributed by atoms with van der Waals surface area (Å²) in [5.41, 5.74) is 7.41. The molecule has 2 aromatic rings. The van der Waals surface area contributed by atoms with Gasteiger partial charge < -0.3 is 5.73 Å². The Balaban J connectivity index is 2.86. The van der Waals surface area contributed by atoms with Crippen LogP contribution in [0.15, 0.2) is 30.5 Å². The van der Waals surface area contributed by atoms with Crippen LogP contribution in [-0.2, 0) is 5.54 Å². The number of benzene rings is 1. The average molecular weight is 221 g/mol. The Kier molecular flexibility index (Phi) is 2.41. The molecule has 1 aromatic heterocycles. The minimum atomic E-state index is -0.481. The van der Waals surface area contributed by atoms with Crippen molar-refractivity contribution in [1.82, 2.24) is 4.98 Å². The number of nitrogens with two attached hydrogens (primary N) is 1. The molecule has 0 saturated heterocycles. The van der Waals surface area contributed by atoms with Crippen molar-refractivity contribution in [1.29, 1.82) is 0 Å². The summed E-state index contributed by atoms with van der Waals surface area (Å²) in [4.78, 5) is 4.34. The second kappa shape index (κ2) is 3.47. The average Bonchev–Trinajstić information content (AvgIpc) is 2.15. The zero-order valence-electron chi connectivity index (χ0n) is 8.79. The van der Waals surface area contributed by atoms with Gasteiger partial charge in [0.2, 0.25) is 0 Å². The number of nitrogens with zero attached hydrogens (tertiary/aromatic N) is 1. The number of hydrogen-bond acceptors (Lipinski definition) is 2. The minimum absolute atomic E-state index is 0.481. The van der Waals surface area contributed by atoms with Crippen molar-refractivity contribution in [3.05, 3.63) is 41.0 Å². The van der Waals surface area contributed by atoms with E-state index in [1.165, 1.54) is 0 Å². The molecule has 0 atom stereocenters. The van der Waals surface area contributed by atoms with Gasteiger partial charge in [0, 0.05) is 27.7 Å². The normalized spacial score (nSPS) is 12.0. The first-order valence-electron chi connectivity index (χ1n) is 4.83. The quantitative estimate of drug-likeness (QED) is 0.802. The van der Waals surface area contributed by atoms with E-state index >= 15 is 0 Å². The van der Waals surface area contributed by atoms with E-state index in [9.17, 15) is 0 Å². The summed E-state index contributed by atoms with van der Waals surface area (Å²) < 4.78 is 0. The van der Waals surface area contributed by atoms with Crippen molar-refractivity contribution in [2.45, 2.75) is 19.4 Å². The lowest BCUT2D eigenvalue weighted by Crippen LogP contribution is -2.29. The number of halogens is 1. The maximum absolute atomic E-state index is 6.17. The zero-order valence-corrected chi connectivity index (χ0v) is 9.55. The smallest absolute Gasteiger partial charge is 0.0767 e. The SMILES string of the molecule is CC(C)(N)c1c(Cl)ccc2cccnc12. The lowest BCUT2D eigenvalue weighted by atomic mass is 9.93. The van der Waals surface area contributed by atoms with Gasteiger partial charge >= 0.3 is 0 Å². The van der Waals surface area contributed by atoms with Gasteiger partial charge in [-0.25, -0.2) is 0 Å². The Labute approximate surface area is 94.1 Å². The third-order valence-electron chi connectivity index (χ3n) is 2.37. The lowest BCUT2D eigenvalue weighted by Gasteiger charge is -2.22. The molecule has 0 unspecified atom stereocenters. The van der Waals surface area contributed by atoms with Gasteiger partial charge in [0.15, 0.2) is 0 Å². The second-order valence-corrected chi connectivity index (χ2v) is 4.63. The summed E-state index contributed by atoms with van der Waals surface area (Å²) in [6, 6.07) is 7.74. The van der Waals surface area contributed by atoms with Crippen molar-refractivity contribution >= 4 is 22.5 Å². The Morgan fingerprint density at radius 3 is 2.67 bits per heavy atom. The summed E-state index contributed by atoms with van der Waals surface area (Å²) in [6.45, 7) is 3.87. The molecule has 1 aromatic carbocycles. The van der Waals surface area contributed by atoms with Crippen LogP contribution in [0.2, 0.25) is 5.02 Å². The highest BCUT2D eigenvalue weighted by Crippen LogP contribution is 2.31. The molecular weight excluding hydrogens is 208 g/mol. The Morgan fingerprint density at radius 1 is 1.27 bits per heavy atom. The van der Waals surface area contributed by atoms with E-state index in [-0.39, 0.29) is 0 Å². The predicted molar refractivity (Wildman–Crippen MR) is 64.0 cm³/mol. The topological polar surface area (TPSA) is 38.9 Å². The van der Waals surface area contributed by atoms with Crippen LogP contribution < -0.4 is 5.73 Å². The Bertz CT molecular complexity index is 500. The van der Waals surface area contributed by atoms with Gasteiger partial charge in [-0.3, -0.25) is 4.98 Å². The van der Waals surface area contributed by atoms with Gasteiger partial charge in [-0.05, 0) is 26.0 Å². The molecule has 0 saturated carbocycles. The standard InChI is InChI=1S/C12H13ClN2/c1-12(2,14)10-9(13)6-5-8-4-3-7-15-11(8)10/h3-7H,14H2,1-2H3. The van der Waals surface area contributed by atoms with E-state index in [1.807, 2.05) is 38.1 Å². The van der Waals surface area contributed by atoms with Gasteiger partial charge in [-0.15, -0.1) is 0 Å². The fourth-order valence-electron chi connectivity index (χ4n) is 1.73. The first kappa shape index (κ1) is 10.4. The molecule has 0 bridgehead atoms. The number of rotatable bonds is 1. The predicted octanol–water partition coefficient (Wildman–Crippen LogP) is 3.08. The fourth-order valence-corrected chi connectivity index (χ4v) is 2.13. The Hall–Kier alpha value is -1.12. The van der Waals surface area contributed by atoms with Gasteiger partial charge in [-0.2, -0.15) is 0 Å². The van der Waals surface area contributed by atoms with Gasteiger partial charge in [0.25, 0.3) is 0 Å². The third-order valence-corrected chi connectivity index (χ3v) is 2.68. The van der Waals surface area contributed by atoms with Crippen LogP contribution >= 0.6 is 11.6 Å². The molecule has 15 heavy (non-hydrogen) atoms. The van der Waals surface area contributed by atoms with Crippen LogP contribution in [-0.4, -0.2) is 4.98 Å². The highest BCUT2D eigenvalue weighted by atomic mass is 35.5. The maximum atomic E-state index is 6.17. The molecule has 0 amide bonds. The van der Waals surface area contributed by atoms with Crippen molar-refractivity contribution in [3.63, 3.8) is 0 Å². The van der Waals surface area contributed by atoms with Crippen molar-refractivity contribution in [2.75, 3.05) is 0 Å². The van der Waals surface area contributed by atoms with Crippen molar-refractivity contribution < 1.29 is 0 Å². The molecule has 78 valence electrons. The molecule has 0 fully saturated rings. The number of aromatic nitrogens is 1. The van der Waals surface area contributed by atoms with Gasteiger partial charge in [0.1, 0.15) is 0 Å². The summed E-state index contributed by atoms with van der Waals surface area (Å²) in [7, 11) is 0. The molecule has 0 aliphatic heterocycles. The second-order valence-electron chi connectivity index (χ2n) is 4.22. The fraction of sp³-hybridized carbons (Fsp3) is 0.250. The first-order chi connectivity index (χ1) is 7.00. The van der Waals surface area contributed by atoms with E-state index < -0.39 is 5.54 Å². The van der Waals surface area contributed by atoms with Crippen molar-refractivity contribution in [3.8, 4) is 0 Å². The van der Waals surface area contributed by atoms with Crippen LogP contribution in [0.1, 0.15) is 19.4 Å². The summed E-state index contributed by atoms with van der Waals surface area (Å²) >= 11 is 6.17. The molecule has 0 aliphatic rings. The van der Waals surface area contributed by atoms with Crippen LogP contribution in [0.25, 0.3) is 10.9 Å². The van der Waals surface area contributed by atoms with E-state index in [2.05, 4.69) is 4.98 Å². The third kappa shape index (κ3) is 1.83. The minimum Gasteiger partial charge on any atom is -0.322 e. The van der Waals surface area contributed by atoms with Gasteiger partial charge in [0.05, 0.1) is 5.52 Å². The summed E-state index contributed by atoms with van der Waals surface area (Å²) in [5.74, 6) is 0. The van der Waals surface area contributed by atoms with Crippen LogP contribution in [0.5, 0.6) is 0 Å². The molecule has 0 radical (unpaired) electrons. The number of pyridine rings is 1. The molecule has 1 heterocycles. The molecule has 0 aliphatic carbocycles. The first-order valence-corrected chi connectivity index (χ1v) is 5.20. The number of fused-ring (bicyclic) bond motifs is 1. The molecule has 0 spiro atoms. The summed E-state index contributed by atoms with van der Waals surface area (Å²) in [5, 5.41) is 1.74. The molecule has 3 heteroatoms. The molecule has 2 nitrogen and oxygen atoms in total. The molecule has 2 N–H and O–H groups in total. The van der Waals surface area contributed by atoms with E-state index in [4.69, 9.17) is 17.3 Å². The largest absolute Gasteiger partial charge is 0.322 e.